The molecule has 8 nitrogen and oxygen atoms in total. The minimum atomic E-state index is -0.735. The number of ether oxygens (including phenoxy) is 2. The maximum absolute atomic E-state index is 13.3. The SMILES string of the molecule is CCOC(=O)N1CCC(N2C(=O)C(=O)/C(=C(\O)c3ccc(Cl)c(OCC)c3)C2c2cccs2)CC1. The first-order valence-corrected chi connectivity index (χ1v) is 12.8. The summed E-state index contributed by atoms with van der Waals surface area (Å²) in [6.45, 7) is 5.08. The summed E-state index contributed by atoms with van der Waals surface area (Å²) in [5.74, 6) is -1.28. The van der Waals surface area contributed by atoms with E-state index in [2.05, 4.69) is 0 Å². The minimum Gasteiger partial charge on any atom is -0.507 e. The van der Waals surface area contributed by atoms with Gasteiger partial charge in [-0.3, -0.25) is 9.59 Å². The third-order valence-corrected chi connectivity index (χ3v) is 7.42. The fourth-order valence-corrected chi connectivity index (χ4v) is 5.57. The van der Waals surface area contributed by atoms with E-state index in [1.165, 1.54) is 11.3 Å². The Morgan fingerprint density at radius 3 is 2.54 bits per heavy atom. The predicted octanol–water partition coefficient (Wildman–Crippen LogP) is 4.84. The smallest absolute Gasteiger partial charge is 0.409 e. The number of benzene rings is 1. The van der Waals surface area contributed by atoms with Crippen molar-refractivity contribution in [2.75, 3.05) is 26.3 Å². The molecular formula is C25H27ClN2O6S. The third-order valence-electron chi connectivity index (χ3n) is 6.18. The van der Waals surface area contributed by atoms with Gasteiger partial charge in [0, 0.05) is 29.6 Å². The number of likely N-dealkylation sites (tertiary alicyclic amines) is 2. The summed E-state index contributed by atoms with van der Waals surface area (Å²) in [5, 5.41) is 13.5. The van der Waals surface area contributed by atoms with E-state index in [1.807, 2.05) is 24.4 Å². The highest BCUT2D eigenvalue weighted by molar-refractivity contribution is 7.10. The molecule has 1 atom stereocenters. The van der Waals surface area contributed by atoms with Gasteiger partial charge in [0.25, 0.3) is 11.7 Å². The van der Waals surface area contributed by atoms with Crippen molar-refractivity contribution in [3.63, 3.8) is 0 Å². The summed E-state index contributed by atoms with van der Waals surface area (Å²) >= 11 is 7.60. The monoisotopic (exact) mass is 518 g/mol. The number of amides is 2. The van der Waals surface area contributed by atoms with Crippen LogP contribution in [0.2, 0.25) is 5.02 Å². The van der Waals surface area contributed by atoms with Gasteiger partial charge in [-0.25, -0.2) is 4.79 Å². The molecule has 3 heterocycles. The average molecular weight is 519 g/mol. The van der Waals surface area contributed by atoms with Gasteiger partial charge in [0.15, 0.2) is 0 Å². The lowest BCUT2D eigenvalue weighted by Gasteiger charge is -2.38. The Hall–Kier alpha value is -3.04. The molecule has 2 fully saturated rings. The van der Waals surface area contributed by atoms with E-state index in [0.717, 1.165) is 4.88 Å². The molecule has 1 N–H and O–H groups in total. The van der Waals surface area contributed by atoms with Gasteiger partial charge in [-0.2, -0.15) is 0 Å². The van der Waals surface area contributed by atoms with Gasteiger partial charge < -0.3 is 24.4 Å². The Morgan fingerprint density at radius 1 is 1.17 bits per heavy atom. The van der Waals surface area contributed by atoms with Gasteiger partial charge >= 0.3 is 6.09 Å². The highest BCUT2D eigenvalue weighted by Gasteiger charge is 2.49. The summed E-state index contributed by atoms with van der Waals surface area (Å²) in [5.41, 5.74) is 0.379. The number of hydrogen-bond donors (Lipinski definition) is 1. The van der Waals surface area contributed by atoms with Crippen LogP contribution in [0.25, 0.3) is 5.76 Å². The minimum absolute atomic E-state index is 0.0371. The van der Waals surface area contributed by atoms with Crippen LogP contribution in [0.5, 0.6) is 5.75 Å². The van der Waals surface area contributed by atoms with Crippen molar-refractivity contribution in [2.24, 2.45) is 0 Å². The summed E-state index contributed by atoms with van der Waals surface area (Å²) < 4.78 is 10.6. The van der Waals surface area contributed by atoms with E-state index in [9.17, 15) is 19.5 Å². The van der Waals surface area contributed by atoms with Crippen molar-refractivity contribution in [1.29, 1.82) is 0 Å². The fraction of sp³-hybridized carbons (Fsp3) is 0.400. The van der Waals surface area contributed by atoms with Gasteiger partial charge in [-0.15, -0.1) is 11.3 Å². The Bertz CT molecular complexity index is 1140. The Kier molecular flexibility index (Phi) is 7.66. The Balaban J connectivity index is 1.70. The molecule has 2 amide bonds. The number of piperidine rings is 1. The Labute approximate surface area is 212 Å². The zero-order valence-electron chi connectivity index (χ0n) is 19.5. The van der Waals surface area contributed by atoms with Gasteiger partial charge in [0.05, 0.1) is 29.9 Å². The van der Waals surface area contributed by atoms with Crippen molar-refractivity contribution < 1.29 is 29.0 Å². The molecule has 0 bridgehead atoms. The largest absolute Gasteiger partial charge is 0.507 e. The van der Waals surface area contributed by atoms with E-state index in [0.29, 0.717) is 55.5 Å². The van der Waals surface area contributed by atoms with Gasteiger partial charge in [0.2, 0.25) is 0 Å². The number of ketones is 1. The summed E-state index contributed by atoms with van der Waals surface area (Å²) in [6, 6.07) is 7.46. The van der Waals surface area contributed by atoms with E-state index in [4.69, 9.17) is 21.1 Å². The van der Waals surface area contributed by atoms with Crippen molar-refractivity contribution in [1.82, 2.24) is 9.80 Å². The number of aliphatic hydroxyl groups excluding tert-OH is 1. The van der Waals surface area contributed by atoms with Crippen LogP contribution in [0, 0.1) is 0 Å². The molecule has 10 heteroatoms. The number of halogens is 1. The van der Waals surface area contributed by atoms with Crippen LogP contribution < -0.4 is 4.74 Å². The van der Waals surface area contributed by atoms with Crippen molar-refractivity contribution >= 4 is 46.5 Å². The van der Waals surface area contributed by atoms with Crippen LogP contribution in [0.4, 0.5) is 4.79 Å². The molecule has 1 aromatic heterocycles. The molecule has 4 rings (SSSR count). The maximum atomic E-state index is 13.3. The van der Waals surface area contributed by atoms with E-state index < -0.39 is 17.7 Å². The number of hydrogen-bond acceptors (Lipinski definition) is 7. The first-order valence-electron chi connectivity index (χ1n) is 11.5. The standard InChI is InChI=1S/C25H27ClN2O6S/c1-3-33-18-14-15(7-8-17(18)26)22(29)20-21(19-6-5-13-35-19)28(24(31)23(20)30)16-9-11-27(12-10-16)25(32)34-4-2/h5-8,13-14,16,21,29H,3-4,9-12H2,1-2H3/b22-20-. The number of thiophene rings is 1. The Morgan fingerprint density at radius 2 is 1.91 bits per heavy atom. The molecule has 0 saturated carbocycles. The van der Waals surface area contributed by atoms with E-state index >= 15 is 0 Å². The van der Waals surface area contributed by atoms with E-state index in [-0.39, 0.29) is 23.5 Å². The molecule has 0 aliphatic carbocycles. The van der Waals surface area contributed by atoms with Crippen molar-refractivity contribution in [3.05, 3.63) is 56.7 Å². The summed E-state index contributed by atoms with van der Waals surface area (Å²) in [6.07, 6.45) is 0.627. The maximum Gasteiger partial charge on any atom is 0.409 e. The molecule has 0 spiro atoms. The summed E-state index contributed by atoms with van der Waals surface area (Å²) in [4.78, 5) is 42.6. The topological polar surface area (TPSA) is 96.4 Å². The van der Waals surface area contributed by atoms with Crippen LogP contribution in [-0.4, -0.2) is 65.0 Å². The van der Waals surface area contributed by atoms with Gasteiger partial charge in [0.1, 0.15) is 11.5 Å². The number of carbonyl (C=O) groups is 3. The number of rotatable bonds is 6. The number of nitrogens with zero attached hydrogens (tertiary/aromatic N) is 2. The van der Waals surface area contributed by atoms with E-state index in [1.54, 1.807) is 34.9 Å². The zero-order chi connectivity index (χ0) is 25.1. The van der Waals surface area contributed by atoms with Crippen LogP contribution in [0.3, 0.4) is 0 Å². The summed E-state index contributed by atoms with van der Waals surface area (Å²) in [7, 11) is 0. The lowest BCUT2D eigenvalue weighted by Crippen LogP contribution is -2.48. The number of aliphatic hydroxyl groups is 1. The van der Waals surface area contributed by atoms with Crippen molar-refractivity contribution in [2.45, 2.75) is 38.8 Å². The molecule has 35 heavy (non-hydrogen) atoms. The van der Waals surface area contributed by atoms with Crippen LogP contribution >= 0.6 is 22.9 Å². The van der Waals surface area contributed by atoms with Gasteiger partial charge in [-0.1, -0.05) is 17.7 Å². The average Bonchev–Trinajstić information content (AvgIpc) is 3.47. The first-order chi connectivity index (χ1) is 16.9. The van der Waals surface area contributed by atoms with Crippen molar-refractivity contribution in [3.8, 4) is 5.75 Å². The van der Waals surface area contributed by atoms with Crippen LogP contribution in [-0.2, 0) is 14.3 Å². The quantitative estimate of drug-likeness (QED) is 0.334. The van der Waals surface area contributed by atoms with Crippen LogP contribution in [0.1, 0.15) is 43.2 Å². The second-order valence-electron chi connectivity index (χ2n) is 8.22. The molecule has 2 aliphatic heterocycles. The molecule has 186 valence electrons. The normalized spacial score (nSPS) is 20.4. The highest BCUT2D eigenvalue weighted by atomic mass is 35.5. The fourth-order valence-electron chi connectivity index (χ4n) is 4.57. The highest BCUT2D eigenvalue weighted by Crippen LogP contribution is 2.44. The molecule has 1 unspecified atom stereocenters. The zero-order valence-corrected chi connectivity index (χ0v) is 21.1. The van der Waals surface area contributed by atoms with Crippen LogP contribution in [0.15, 0.2) is 41.3 Å². The predicted molar refractivity (Wildman–Crippen MR) is 133 cm³/mol. The molecule has 2 aliphatic rings. The molecule has 1 aromatic carbocycles. The number of Topliss-reactive ketones (excluding diaryl/α,β-unsaturated/α-hetero) is 1. The lowest BCUT2D eigenvalue weighted by molar-refractivity contribution is -0.142. The second-order valence-corrected chi connectivity index (χ2v) is 9.60. The lowest BCUT2D eigenvalue weighted by atomic mass is 9.97. The first kappa shape index (κ1) is 25.1. The molecule has 0 radical (unpaired) electrons. The molecular weight excluding hydrogens is 492 g/mol. The molecule has 2 saturated heterocycles. The second kappa shape index (κ2) is 10.7. The molecule has 2 aromatic rings. The number of carbonyl (C=O) groups excluding carboxylic acids is 3. The van der Waals surface area contributed by atoms with Gasteiger partial charge in [-0.05, 0) is 56.3 Å². The third kappa shape index (κ3) is 4.88.